The summed E-state index contributed by atoms with van der Waals surface area (Å²) in [5.41, 5.74) is 1.04. The van der Waals surface area contributed by atoms with Crippen molar-refractivity contribution in [2.75, 3.05) is 13.1 Å². The van der Waals surface area contributed by atoms with Crippen LogP contribution in [0.5, 0.6) is 0 Å². The first-order chi connectivity index (χ1) is 9.65. The Labute approximate surface area is 120 Å². The van der Waals surface area contributed by atoms with Crippen LogP contribution in [0.3, 0.4) is 0 Å². The van der Waals surface area contributed by atoms with Gasteiger partial charge < -0.3 is 10.0 Å². The first-order valence-corrected chi connectivity index (χ1v) is 7.49. The lowest BCUT2D eigenvalue weighted by Crippen LogP contribution is -2.31. The van der Waals surface area contributed by atoms with Crippen molar-refractivity contribution in [2.45, 2.75) is 12.8 Å². The summed E-state index contributed by atoms with van der Waals surface area (Å²) in [7, 11) is 0. The number of carbonyl (C=O) groups excluding carboxylic acids is 1. The zero-order chi connectivity index (χ0) is 14.1. The summed E-state index contributed by atoms with van der Waals surface area (Å²) < 4.78 is 1.18. The lowest BCUT2D eigenvalue weighted by atomic mass is 10.1. The number of carboxylic acid groups (broad SMARTS) is 1. The molecule has 1 saturated heterocycles. The molecule has 1 aromatic carbocycles. The summed E-state index contributed by atoms with van der Waals surface area (Å²) in [6.45, 7) is 0.897. The van der Waals surface area contributed by atoms with Crippen LogP contribution in [-0.2, 0) is 16.0 Å². The molecule has 0 saturated carbocycles. The number of aliphatic carboxylic acids is 1. The molecule has 2 heterocycles. The molecule has 1 fully saturated rings. The number of benzene rings is 1. The number of hydrogen-bond donors (Lipinski definition) is 1. The maximum atomic E-state index is 12.3. The molecule has 104 valence electrons. The van der Waals surface area contributed by atoms with E-state index in [2.05, 4.69) is 0 Å². The van der Waals surface area contributed by atoms with E-state index in [9.17, 15) is 9.59 Å². The fourth-order valence-electron chi connectivity index (χ4n) is 2.63. The van der Waals surface area contributed by atoms with Gasteiger partial charge in [-0.15, -0.1) is 11.3 Å². The fourth-order valence-corrected chi connectivity index (χ4v) is 3.60. The van der Waals surface area contributed by atoms with Crippen LogP contribution in [0.15, 0.2) is 29.6 Å². The first kappa shape index (κ1) is 13.1. The number of carboxylic acids is 1. The summed E-state index contributed by atoms with van der Waals surface area (Å²) in [4.78, 5) is 24.9. The molecule has 1 atom stereocenters. The average molecular weight is 289 g/mol. The number of thiophene rings is 1. The van der Waals surface area contributed by atoms with Crippen molar-refractivity contribution in [1.82, 2.24) is 4.90 Å². The van der Waals surface area contributed by atoms with Gasteiger partial charge in [0, 0.05) is 17.8 Å². The van der Waals surface area contributed by atoms with Crippen LogP contribution in [0.1, 0.15) is 12.0 Å². The monoisotopic (exact) mass is 289 g/mol. The lowest BCUT2D eigenvalue weighted by molar-refractivity contribution is -0.141. The number of likely N-dealkylation sites (tertiary alicyclic amines) is 1. The van der Waals surface area contributed by atoms with E-state index in [4.69, 9.17) is 5.11 Å². The number of amides is 1. The minimum Gasteiger partial charge on any atom is -0.481 e. The van der Waals surface area contributed by atoms with Gasteiger partial charge in [-0.05, 0) is 28.8 Å². The van der Waals surface area contributed by atoms with E-state index < -0.39 is 11.9 Å². The molecule has 1 aliphatic heterocycles. The van der Waals surface area contributed by atoms with E-state index in [1.165, 1.54) is 4.70 Å². The van der Waals surface area contributed by atoms with Gasteiger partial charge in [-0.3, -0.25) is 9.59 Å². The molecule has 1 unspecified atom stereocenters. The van der Waals surface area contributed by atoms with E-state index in [1.807, 2.05) is 29.6 Å². The van der Waals surface area contributed by atoms with Crippen molar-refractivity contribution >= 4 is 33.3 Å². The van der Waals surface area contributed by atoms with Crippen molar-refractivity contribution in [3.05, 3.63) is 35.2 Å². The Morgan fingerprint density at radius 3 is 2.90 bits per heavy atom. The van der Waals surface area contributed by atoms with Crippen LogP contribution in [0.4, 0.5) is 0 Å². The first-order valence-electron chi connectivity index (χ1n) is 6.61. The van der Waals surface area contributed by atoms with Gasteiger partial charge in [0.05, 0.1) is 12.3 Å². The average Bonchev–Trinajstić information content (AvgIpc) is 3.06. The maximum Gasteiger partial charge on any atom is 0.308 e. The number of fused-ring (bicyclic) bond motifs is 1. The van der Waals surface area contributed by atoms with Crippen molar-refractivity contribution in [1.29, 1.82) is 0 Å². The highest BCUT2D eigenvalue weighted by Crippen LogP contribution is 2.27. The van der Waals surface area contributed by atoms with Gasteiger partial charge in [0.2, 0.25) is 5.91 Å². The third-order valence-electron chi connectivity index (χ3n) is 3.79. The third kappa shape index (κ3) is 2.41. The Bertz CT molecular complexity index is 664. The molecule has 0 spiro atoms. The molecule has 1 N–H and O–H groups in total. The van der Waals surface area contributed by atoms with Crippen molar-refractivity contribution in [2.24, 2.45) is 5.92 Å². The number of hydrogen-bond acceptors (Lipinski definition) is 3. The normalized spacial score (nSPS) is 18.6. The predicted molar refractivity (Wildman–Crippen MR) is 77.9 cm³/mol. The standard InChI is InChI=1S/C15H15NO3S/c17-14(16-6-5-10(8-16)15(18)19)7-11-9-20-13-4-2-1-3-12(11)13/h1-4,9-10H,5-8H2,(H,18,19). The summed E-state index contributed by atoms with van der Waals surface area (Å²) in [5.74, 6) is -1.18. The lowest BCUT2D eigenvalue weighted by Gasteiger charge is -2.15. The SMILES string of the molecule is O=C(O)C1CCN(C(=O)Cc2csc3ccccc23)C1. The third-order valence-corrected chi connectivity index (χ3v) is 4.81. The predicted octanol–water partition coefficient (Wildman–Crippen LogP) is 2.38. The second kappa shape index (κ2) is 5.25. The topological polar surface area (TPSA) is 57.6 Å². The molecular formula is C15H15NO3S. The van der Waals surface area contributed by atoms with E-state index in [0.29, 0.717) is 25.9 Å². The molecule has 1 aliphatic rings. The molecule has 0 bridgehead atoms. The molecule has 2 aromatic rings. The van der Waals surface area contributed by atoms with Crippen LogP contribution in [0, 0.1) is 5.92 Å². The van der Waals surface area contributed by atoms with Gasteiger partial charge in [0.25, 0.3) is 0 Å². The van der Waals surface area contributed by atoms with Crippen molar-refractivity contribution < 1.29 is 14.7 Å². The van der Waals surface area contributed by atoms with Crippen molar-refractivity contribution in [3.63, 3.8) is 0 Å². The van der Waals surface area contributed by atoms with Gasteiger partial charge in [-0.25, -0.2) is 0 Å². The molecule has 0 aliphatic carbocycles. The molecule has 20 heavy (non-hydrogen) atoms. The second-order valence-corrected chi connectivity index (χ2v) is 6.01. The zero-order valence-corrected chi connectivity index (χ0v) is 11.7. The summed E-state index contributed by atoms with van der Waals surface area (Å²) in [5, 5.41) is 12.1. The van der Waals surface area contributed by atoms with Crippen LogP contribution in [-0.4, -0.2) is 35.0 Å². The fraction of sp³-hybridized carbons (Fsp3) is 0.333. The van der Waals surface area contributed by atoms with Crippen molar-refractivity contribution in [3.8, 4) is 0 Å². The number of carbonyl (C=O) groups is 2. The minimum absolute atomic E-state index is 0.0253. The van der Waals surface area contributed by atoms with E-state index in [-0.39, 0.29) is 5.91 Å². The molecule has 0 radical (unpaired) electrons. The van der Waals surface area contributed by atoms with Crippen LogP contribution in [0.25, 0.3) is 10.1 Å². The largest absolute Gasteiger partial charge is 0.481 e. The highest BCUT2D eigenvalue weighted by atomic mass is 32.1. The van der Waals surface area contributed by atoms with E-state index >= 15 is 0 Å². The number of nitrogens with zero attached hydrogens (tertiary/aromatic N) is 1. The van der Waals surface area contributed by atoms with E-state index in [1.54, 1.807) is 16.2 Å². The summed E-state index contributed by atoms with van der Waals surface area (Å²) in [6.07, 6.45) is 0.918. The quantitative estimate of drug-likeness (QED) is 0.943. The molecule has 1 amide bonds. The van der Waals surface area contributed by atoms with Crippen LogP contribution >= 0.6 is 11.3 Å². The van der Waals surface area contributed by atoms with Crippen LogP contribution in [0.2, 0.25) is 0 Å². The zero-order valence-electron chi connectivity index (χ0n) is 10.9. The van der Waals surface area contributed by atoms with Gasteiger partial charge in [0.15, 0.2) is 0 Å². The van der Waals surface area contributed by atoms with Crippen LogP contribution < -0.4 is 0 Å². The molecule has 4 nitrogen and oxygen atoms in total. The minimum atomic E-state index is -0.804. The van der Waals surface area contributed by atoms with Gasteiger partial charge in [-0.2, -0.15) is 0 Å². The Hall–Kier alpha value is -1.88. The highest BCUT2D eigenvalue weighted by Gasteiger charge is 2.30. The Kier molecular flexibility index (Phi) is 3.44. The molecular weight excluding hydrogens is 274 g/mol. The Morgan fingerprint density at radius 2 is 2.15 bits per heavy atom. The Morgan fingerprint density at radius 1 is 1.35 bits per heavy atom. The van der Waals surface area contributed by atoms with Gasteiger partial charge >= 0.3 is 5.97 Å². The smallest absolute Gasteiger partial charge is 0.308 e. The van der Waals surface area contributed by atoms with E-state index in [0.717, 1.165) is 10.9 Å². The summed E-state index contributed by atoms with van der Waals surface area (Å²) >= 11 is 1.64. The molecule has 5 heteroatoms. The Balaban J connectivity index is 1.72. The maximum absolute atomic E-state index is 12.3. The second-order valence-electron chi connectivity index (χ2n) is 5.10. The summed E-state index contributed by atoms with van der Waals surface area (Å²) in [6, 6.07) is 8.03. The number of rotatable bonds is 3. The highest BCUT2D eigenvalue weighted by molar-refractivity contribution is 7.17. The molecule has 3 rings (SSSR count). The van der Waals surface area contributed by atoms with Gasteiger partial charge in [0.1, 0.15) is 0 Å². The van der Waals surface area contributed by atoms with Gasteiger partial charge in [-0.1, -0.05) is 18.2 Å². The molecule has 1 aromatic heterocycles.